The molecule has 0 aromatic heterocycles. The molecule has 0 saturated heterocycles. The van der Waals surface area contributed by atoms with Gasteiger partial charge in [0.25, 0.3) is 23.6 Å². The average molecular weight is 739 g/mol. The summed E-state index contributed by atoms with van der Waals surface area (Å²) in [4.78, 5) is 55.4. The molecule has 5 aromatic carbocycles. The molecule has 0 spiro atoms. The molecular weight excluding hydrogens is 714 g/mol. The third-order valence-electron chi connectivity index (χ3n) is 8.70. The van der Waals surface area contributed by atoms with Crippen molar-refractivity contribution in [1.29, 1.82) is 0 Å². The summed E-state index contributed by atoms with van der Waals surface area (Å²) >= 11 is 0. The van der Waals surface area contributed by atoms with Gasteiger partial charge in [-0.15, -0.1) is 0 Å². The summed E-state index contributed by atoms with van der Waals surface area (Å²) in [6.45, 7) is 0. The van der Waals surface area contributed by atoms with Gasteiger partial charge in [0.05, 0.1) is 33.6 Å². The molecule has 8 nitrogen and oxygen atoms in total. The second-order valence-corrected chi connectivity index (χ2v) is 12.0. The Morgan fingerprint density at radius 1 is 0.426 bits per heavy atom. The maximum Gasteiger partial charge on any atom is 0.418 e. The van der Waals surface area contributed by atoms with Crippen molar-refractivity contribution in [2.75, 3.05) is 20.4 Å². The number of para-hydroxylation sites is 2. The molecule has 54 heavy (non-hydrogen) atoms. The largest absolute Gasteiger partial charge is 0.418 e. The van der Waals surface area contributed by atoms with E-state index in [0.29, 0.717) is 21.2 Å². The first-order valence-corrected chi connectivity index (χ1v) is 16.1. The molecule has 0 atom stereocenters. The van der Waals surface area contributed by atoms with E-state index in [1.54, 1.807) is 36.4 Å². The molecule has 2 aliphatic rings. The number of imide groups is 2. The number of benzene rings is 5. The Morgan fingerprint density at radius 2 is 0.778 bits per heavy atom. The molecule has 0 saturated carbocycles. The van der Waals surface area contributed by atoms with Gasteiger partial charge >= 0.3 is 12.4 Å². The van der Waals surface area contributed by atoms with Crippen molar-refractivity contribution >= 4 is 57.5 Å². The van der Waals surface area contributed by atoms with E-state index < -0.39 is 58.5 Å². The van der Waals surface area contributed by atoms with E-state index in [0.717, 1.165) is 36.4 Å². The first kappa shape index (κ1) is 35.4. The van der Waals surface area contributed by atoms with Gasteiger partial charge < -0.3 is 10.6 Å². The van der Waals surface area contributed by atoms with Gasteiger partial charge in [0.15, 0.2) is 0 Å². The van der Waals surface area contributed by atoms with Crippen LogP contribution in [0.3, 0.4) is 0 Å². The lowest BCUT2D eigenvalue weighted by Gasteiger charge is -2.30. The molecule has 7 rings (SSSR count). The van der Waals surface area contributed by atoms with Crippen LogP contribution in [0.1, 0.15) is 43.0 Å². The van der Waals surface area contributed by atoms with Gasteiger partial charge in [-0.25, -0.2) is 9.80 Å². The van der Waals surface area contributed by atoms with Gasteiger partial charge in [0.2, 0.25) is 0 Å². The zero-order chi connectivity index (χ0) is 38.4. The van der Waals surface area contributed by atoms with Crippen LogP contribution in [0, 0.1) is 0 Å². The highest BCUT2D eigenvalue weighted by Crippen LogP contribution is 2.42. The Kier molecular flexibility index (Phi) is 8.89. The van der Waals surface area contributed by atoms with Crippen molar-refractivity contribution < 1.29 is 45.5 Å². The molecular formula is C40H24F6N4O4. The molecule has 0 fully saturated rings. The lowest BCUT2D eigenvalue weighted by molar-refractivity contribution is -0.138. The fourth-order valence-electron chi connectivity index (χ4n) is 6.25. The van der Waals surface area contributed by atoms with Gasteiger partial charge in [-0.3, -0.25) is 19.2 Å². The number of carbonyl (C=O) groups is 4. The minimum Gasteiger partial charge on any atom is -0.361 e. The number of hydrogen-bond acceptors (Lipinski definition) is 6. The van der Waals surface area contributed by atoms with E-state index in [1.165, 1.54) is 60.9 Å². The van der Waals surface area contributed by atoms with Crippen LogP contribution in [-0.2, 0) is 21.9 Å². The average Bonchev–Trinajstić information content (AvgIpc) is 3.14. The number of carbonyl (C=O) groups excluding carboxylic acids is 4. The van der Waals surface area contributed by atoms with E-state index in [9.17, 15) is 45.5 Å². The van der Waals surface area contributed by atoms with Gasteiger partial charge in [0.1, 0.15) is 0 Å². The molecule has 2 heterocycles. The highest BCUT2D eigenvalue weighted by Gasteiger charge is 2.43. The van der Waals surface area contributed by atoms with Crippen molar-refractivity contribution in [3.63, 3.8) is 0 Å². The number of amides is 4. The summed E-state index contributed by atoms with van der Waals surface area (Å²) in [6.07, 6.45) is -7.19. The number of halogens is 6. The molecule has 0 radical (unpaired) electrons. The highest BCUT2D eigenvalue weighted by atomic mass is 19.4. The molecule has 4 amide bonds. The summed E-state index contributed by atoms with van der Waals surface area (Å²) in [5.41, 5.74) is -2.65. The molecule has 2 aliphatic heterocycles. The summed E-state index contributed by atoms with van der Waals surface area (Å²) in [6, 6.07) is 26.9. The topological polar surface area (TPSA) is 98.8 Å². The van der Waals surface area contributed by atoms with Crippen molar-refractivity contribution in [2.24, 2.45) is 0 Å². The molecule has 2 N–H and O–H groups in total. The van der Waals surface area contributed by atoms with E-state index in [1.807, 2.05) is 0 Å². The third-order valence-corrected chi connectivity index (χ3v) is 8.70. The van der Waals surface area contributed by atoms with Crippen molar-refractivity contribution in [1.82, 2.24) is 0 Å². The van der Waals surface area contributed by atoms with Gasteiger partial charge in [-0.2, -0.15) is 26.3 Å². The number of nitrogens with zero attached hydrogens (tertiary/aromatic N) is 2. The number of fused-ring (bicyclic) bond motifs is 2. The zero-order valence-electron chi connectivity index (χ0n) is 27.5. The molecule has 14 heteroatoms. The second kappa shape index (κ2) is 13.5. The van der Waals surface area contributed by atoms with Crippen LogP contribution in [-0.4, -0.2) is 23.6 Å². The first-order valence-electron chi connectivity index (χ1n) is 16.1. The standard InChI is InChI=1S/C40H24F6N4O4/c41-39(42,43)31-16-5-7-18-33(31)49-35(51)27-14-3-1-12-25(27)29(37(49)53)21-47-23-10-9-11-24(20-23)48-22-30-26-13-2-4-15-28(26)36(52)50(38(30)54)34-19-8-6-17-32(34)40(44,45)46/h1-22,47-48H/b29-21-,30-22+. The van der Waals surface area contributed by atoms with Crippen molar-refractivity contribution in [2.45, 2.75) is 12.4 Å². The Bertz CT molecular complexity index is 2270. The van der Waals surface area contributed by atoms with Crippen molar-refractivity contribution in [3.8, 4) is 0 Å². The van der Waals surface area contributed by atoms with Crippen LogP contribution in [0.4, 0.5) is 49.1 Å². The number of rotatable bonds is 6. The lowest BCUT2D eigenvalue weighted by Crippen LogP contribution is -2.43. The van der Waals surface area contributed by atoms with Crippen LogP contribution in [0.2, 0.25) is 0 Å². The van der Waals surface area contributed by atoms with Crippen LogP contribution in [0.5, 0.6) is 0 Å². The Balaban J connectivity index is 1.21. The SMILES string of the molecule is O=C1/C(=C\Nc2cccc(N/C=C3/C(=O)N(c4ccccc4C(F)(F)F)C(=O)c4ccccc43)c2)c2ccccc2C(=O)N1c1ccccc1C(F)(F)F. The van der Waals surface area contributed by atoms with Crippen LogP contribution >= 0.6 is 0 Å². The second-order valence-electron chi connectivity index (χ2n) is 12.0. The van der Waals surface area contributed by atoms with Crippen LogP contribution < -0.4 is 20.4 Å². The normalized spacial score (nSPS) is 16.1. The van der Waals surface area contributed by atoms with E-state index in [4.69, 9.17) is 0 Å². The summed E-state index contributed by atoms with van der Waals surface area (Å²) in [5.74, 6) is -3.85. The summed E-state index contributed by atoms with van der Waals surface area (Å²) < 4.78 is 83.7. The van der Waals surface area contributed by atoms with Gasteiger partial charge in [0, 0.05) is 46.0 Å². The Labute approximate surface area is 302 Å². The lowest BCUT2D eigenvalue weighted by atomic mass is 9.93. The summed E-state index contributed by atoms with van der Waals surface area (Å²) in [7, 11) is 0. The molecule has 5 aromatic rings. The minimum atomic E-state index is -4.86. The number of alkyl halides is 6. The molecule has 0 bridgehead atoms. The third kappa shape index (κ3) is 6.38. The maximum atomic E-state index is 13.9. The predicted molar refractivity (Wildman–Crippen MR) is 189 cm³/mol. The number of nitrogens with one attached hydrogen (secondary N) is 2. The van der Waals surface area contributed by atoms with Gasteiger partial charge in [-0.05, 0) is 54.6 Å². The fraction of sp³-hybridized carbons (Fsp3) is 0.0500. The fourth-order valence-corrected chi connectivity index (χ4v) is 6.25. The quantitative estimate of drug-likeness (QED) is 0.103. The monoisotopic (exact) mass is 738 g/mol. The van der Waals surface area contributed by atoms with Crippen LogP contribution in [0.25, 0.3) is 11.1 Å². The molecule has 0 unspecified atom stereocenters. The minimum absolute atomic E-state index is 0.00647. The van der Waals surface area contributed by atoms with E-state index in [-0.39, 0.29) is 33.4 Å². The predicted octanol–water partition coefficient (Wildman–Crippen LogP) is 9.00. The van der Waals surface area contributed by atoms with Crippen molar-refractivity contribution in [3.05, 3.63) is 167 Å². The number of anilines is 4. The number of hydrogen-bond donors (Lipinski definition) is 2. The Hall–Kier alpha value is -6.96. The molecule has 0 aliphatic carbocycles. The van der Waals surface area contributed by atoms with Crippen LogP contribution in [0.15, 0.2) is 134 Å². The van der Waals surface area contributed by atoms with E-state index >= 15 is 0 Å². The first-order chi connectivity index (χ1) is 25.8. The van der Waals surface area contributed by atoms with E-state index in [2.05, 4.69) is 10.6 Å². The smallest absolute Gasteiger partial charge is 0.361 e. The molecule has 270 valence electrons. The Morgan fingerprint density at radius 3 is 1.17 bits per heavy atom. The zero-order valence-corrected chi connectivity index (χ0v) is 27.5. The van der Waals surface area contributed by atoms with Gasteiger partial charge in [-0.1, -0.05) is 66.7 Å². The highest BCUT2D eigenvalue weighted by molar-refractivity contribution is 6.42. The maximum absolute atomic E-state index is 13.9. The summed E-state index contributed by atoms with van der Waals surface area (Å²) in [5, 5.41) is 5.89.